The lowest BCUT2D eigenvalue weighted by molar-refractivity contribution is -0.137. The second-order valence-electron chi connectivity index (χ2n) is 3.65. The highest BCUT2D eigenvalue weighted by molar-refractivity contribution is 6.33. The van der Waals surface area contributed by atoms with Crippen LogP contribution in [0.2, 0.25) is 10.3 Å². The van der Waals surface area contributed by atoms with Crippen molar-refractivity contribution in [1.82, 2.24) is 9.97 Å². The molecule has 3 nitrogen and oxygen atoms in total. The molecule has 2 aromatic rings. The summed E-state index contributed by atoms with van der Waals surface area (Å²) >= 11 is 11.2. The number of benzene rings is 1. The van der Waals surface area contributed by atoms with Gasteiger partial charge in [-0.1, -0.05) is 11.6 Å². The van der Waals surface area contributed by atoms with Gasteiger partial charge in [0.25, 0.3) is 0 Å². The number of halogens is 6. The smallest absolute Gasteiger partial charge is 0.336 e. The first-order valence-electron chi connectivity index (χ1n) is 5.09. The first-order valence-corrected chi connectivity index (χ1v) is 5.85. The standard InChI is InChI=1S/C11H5Cl2F4N3/c12-6-3-5(11(15,16)17)1-2-8(6)19-9-7(14)4-18-10(13)20-9/h1-4H,(H,18,19,20). The lowest BCUT2D eigenvalue weighted by atomic mass is 10.2. The van der Waals surface area contributed by atoms with Crippen LogP contribution in [-0.4, -0.2) is 9.97 Å². The monoisotopic (exact) mass is 325 g/mol. The Labute approximate surface area is 120 Å². The van der Waals surface area contributed by atoms with Crippen LogP contribution in [0.1, 0.15) is 5.56 Å². The fourth-order valence-corrected chi connectivity index (χ4v) is 1.71. The van der Waals surface area contributed by atoms with Gasteiger partial charge in [0, 0.05) is 0 Å². The first-order chi connectivity index (χ1) is 9.27. The summed E-state index contributed by atoms with van der Waals surface area (Å²) in [5.41, 5.74) is -0.845. The Kier molecular flexibility index (Phi) is 4.01. The number of hydrogen-bond donors (Lipinski definition) is 1. The fraction of sp³-hybridized carbons (Fsp3) is 0.0909. The van der Waals surface area contributed by atoms with E-state index in [-0.39, 0.29) is 21.8 Å². The molecule has 0 aliphatic heterocycles. The van der Waals surface area contributed by atoms with Gasteiger partial charge in [0.1, 0.15) is 0 Å². The summed E-state index contributed by atoms with van der Waals surface area (Å²) in [4.78, 5) is 6.98. The Bertz CT molecular complexity index is 646. The molecular weight excluding hydrogens is 321 g/mol. The van der Waals surface area contributed by atoms with Gasteiger partial charge >= 0.3 is 6.18 Å². The van der Waals surface area contributed by atoms with Crippen molar-refractivity contribution in [2.45, 2.75) is 6.18 Å². The molecule has 0 aliphatic carbocycles. The third kappa shape index (κ3) is 3.29. The highest BCUT2D eigenvalue weighted by Crippen LogP contribution is 2.34. The molecule has 1 N–H and O–H groups in total. The highest BCUT2D eigenvalue weighted by Gasteiger charge is 2.30. The predicted octanol–water partition coefficient (Wildman–Crippen LogP) is 4.68. The Morgan fingerprint density at radius 2 is 1.85 bits per heavy atom. The van der Waals surface area contributed by atoms with Crippen molar-refractivity contribution in [2.75, 3.05) is 5.32 Å². The van der Waals surface area contributed by atoms with Gasteiger partial charge in [0.2, 0.25) is 5.28 Å². The molecule has 0 atom stereocenters. The maximum atomic E-state index is 13.4. The van der Waals surface area contributed by atoms with Gasteiger partial charge in [-0.2, -0.15) is 18.2 Å². The van der Waals surface area contributed by atoms with E-state index in [4.69, 9.17) is 23.2 Å². The van der Waals surface area contributed by atoms with Crippen LogP contribution in [0.4, 0.5) is 29.1 Å². The molecule has 0 saturated heterocycles. The fourth-order valence-electron chi connectivity index (χ4n) is 1.35. The van der Waals surface area contributed by atoms with Crippen molar-refractivity contribution in [1.29, 1.82) is 0 Å². The van der Waals surface area contributed by atoms with Crippen molar-refractivity contribution in [3.8, 4) is 0 Å². The largest absolute Gasteiger partial charge is 0.416 e. The number of anilines is 2. The Hall–Kier alpha value is -1.60. The molecule has 1 aromatic heterocycles. The average molecular weight is 326 g/mol. The van der Waals surface area contributed by atoms with Crippen LogP contribution < -0.4 is 5.32 Å². The van der Waals surface area contributed by atoms with Crippen LogP contribution in [0.5, 0.6) is 0 Å². The summed E-state index contributed by atoms with van der Waals surface area (Å²) in [6, 6.07) is 2.61. The minimum atomic E-state index is -4.51. The maximum Gasteiger partial charge on any atom is 0.416 e. The van der Waals surface area contributed by atoms with Gasteiger partial charge < -0.3 is 5.32 Å². The number of rotatable bonds is 2. The molecule has 0 fully saturated rings. The topological polar surface area (TPSA) is 37.8 Å². The Morgan fingerprint density at radius 3 is 2.45 bits per heavy atom. The van der Waals surface area contributed by atoms with Crippen LogP contribution in [0.3, 0.4) is 0 Å². The zero-order valence-electron chi connectivity index (χ0n) is 9.47. The van der Waals surface area contributed by atoms with Crippen molar-refractivity contribution < 1.29 is 17.6 Å². The van der Waals surface area contributed by atoms with Crippen molar-refractivity contribution in [3.63, 3.8) is 0 Å². The molecular formula is C11H5Cl2F4N3. The minimum Gasteiger partial charge on any atom is -0.336 e. The van der Waals surface area contributed by atoms with E-state index in [1.165, 1.54) is 0 Å². The van der Waals surface area contributed by atoms with Crippen LogP contribution >= 0.6 is 23.2 Å². The van der Waals surface area contributed by atoms with Crippen LogP contribution in [0.15, 0.2) is 24.4 Å². The third-order valence-corrected chi connectivity index (χ3v) is 2.76. The first kappa shape index (κ1) is 14.8. The minimum absolute atomic E-state index is 0.0633. The SMILES string of the molecule is Fc1cnc(Cl)nc1Nc1ccc(C(F)(F)F)cc1Cl. The number of aromatic nitrogens is 2. The van der Waals surface area contributed by atoms with Crippen molar-refractivity contribution in [3.05, 3.63) is 46.1 Å². The molecule has 0 unspecified atom stereocenters. The molecule has 9 heteroatoms. The van der Waals surface area contributed by atoms with Crippen LogP contribution in [0, 0.1) is 5.82 Å². The molecule has 1 heterocycles. The van der Waals surface area contributed by atoms with Crippen LogP contribution in [-0.2, 0) is 6.18 Å². The Morgan fingerprint density at radius 1 is 1.15 bits per heavy atom. The normalized spacial score (nSPS) is 11.5. The summed E-state index contributed by atoms with van der Waals surface area (Å²) in [6.07, 6.45) is -3.68. The van der Waals surface area contributed by atoms with Crippen molar-refractivity contribution >= 4 is 34.7 Å². The predicted molar refractivity (Wildman–Crippen MR) is 66.7 cm³/mol. The van der Waals surface area contributed by atoms with Gasteiger partial charge in [0.15, 0.2) is 11.6 Å². The molecule has 1 aromatic carbocycles. The quantitative estimate of drug-likeness (QED) is 0.643. The van der Waals surface area contributed by atoms with E-state index in [9.17, 15) is 17.6 Å². The lowest BCUT2D eigenvalue weighted by Gasteiger charge is -2.11. The second-order valence-corrected chi connectivity index (χ2v) is 4.40. The molecule has 106 valence electrons. The van der Waals surface area contributed by atoms with Gasteiger partial charge in [0.05, 0.1) is 22.5 Å². The van der Waals surface area contributed by atoms with Crippen molar-refractivity contribution in [2.24, 2.45) is 0 Å². The van der Waals surface area contributed by atoms with Gasteiger partial charge in [-0.15, -0.1) is 0 Å². The molecule has 0 radical (unpaired) electrons. The molecule has 0 saturated carbocycles. The molecule has 0 aliphatic rings. The van der Waals surface area contributed by atoms with E-state index in [0.717, 1.165) is 24.4 Å². The van der Waals surface area contributed by atoms with Gasteiger partial charge in [-0.25, -0.2) is 9.37 Å². The van der Waals surface area contributed by atoms with E-state index in [1.807, 2.05) is 0 Å². The van der Waals surface area contributed by atoms with E-state index in [2.05, 4.69) is 15.3 Å². The number of alkyl halides is 3. The number of hydrogen-bond acceptors (Lipinski definition) is 3. The molecule has 0 bridgehead atoms. The van der Waals surface area contributed by atoms with Gasteiger partial charge in [-0.05, 0) is 29.8 Å². The molecule has 0 spiro atoms. The zero-order chi connectivity index (χ0) is 14.9. The van der Waals surface area contributed by atoms with E-state index in [0.29, 0.717) is 0 Å². The highest BCUT2D eigenvalue weighted by atomic mass is 35.5. The van der Waals surface area contributed by atoms with E-state index >= 15 is 0 Å². The average Bonchev–Trinajstić information content (AvgIpc) is 2.35. The van der Waals surface area contributed by atoms with Gasteiger partial charge in [-0.3, -0.25) is 0 Å². The molecule has 0 amide bonds. The number of nitrogens with one attached hydrogen (secondary N) is 1. The summed E-state index contributed by atoms with van der Waals surface area (Å²) < 4.78 is 50.8. The molecule has 20 heavy (non-hydrogen) atoms. The summed E-state index contributed by atoms with van der Waals surface area (Å²) in [7, 11) is 0. The second kappa shape index (κ2) is 5.41. The number of nitrogens with zero attached hydrogens (tertiary/aromatic N) is 2. The summed E-state index contributed by atoms with van der Waals surface area (Å²) in [5.74, 6) is -1.10. The maximum absolute atomic E-state index is 13.4. The summed E-state index contributed by atoms with van der Waals surface area (Å²) in [6.45, 7) is 0. The summed E-state index contributed by atoms with van der Waals surface area (Å²) in [5, 5.41) is 2.01. The zero-order valence-corrected chi connectivity index (χ0v) is 11.0. The molecule has 2 rings (SSSR count). The lowest BCUT2D eigenvalue weighted by Crippen LogP contribution is -2.05. The Balaban J connectivity index is 2.33. The van der Waals surface area contributed by atoms with Crippen LogP contribution in [0.25, 0.3) is 0 Å². The third-order valence-electron chi connectivity index (χ3n) is 2.26. The van der Waals surface area contributed by atoms with E-state index in [1.54, 1.807) is 0 Å². The van der Waals surface area contributed by atoms with E-state index < -0.39 is 17.6 Å².